The second-order valence-corrected chi connectivity index (χ2v) is 6.41. The van der Waals surface area contributed by atoms with Crippen LogP contribution in [-0.4, -0.2) is 17.6 Å². The third-order valence-electron chi connectivity index (χ3n) is 3.55. The normalized spacial score (nSPS) is 12.1. The maximum atomic E-state index is 12.4. The van der Waals surface area contributed by atoms with Crippen molar-refractivity contribution in [2.24, 2.45) is 0 Å². The van der Waals surface area contributed by atoms with Crippen LogP contribution in [0.3, 0.4) is 0 Å². The molecule has 0 spiro atoms. The molecule has 0 fully saturated rings. The number of hydrogen-bond acceptors (Lipinski definition) is 3. The fourth-order valence-electron chi connectivity index (χ4n) is 2.22. The van der Waals surface area contributed by atoms with Crippen LogP contribution >= 0.6 is 11.3 Å². The maximum absolute atomic E-state index is 12.4. The van der Waals surface area contributed by atoms with Crippen molar-refractivity contribution in [1.82, 2.24) is 5.32 Å². The fraction of sp³-hybridized carbons (Fsp3) is 0.353. The number of carbonyl (C=O) groups is 1. The number of hydrogen-bond donors (Lipinski definition) is 2. The molecule has 2 aromatic rings. The molecule has 1 amide bonds. The van der Waals surface area contributed by atoms with Gasteiger partial charge in [-0.1, -0.05) is 30.3 Å². The van der Waals surface area contributed by atoms with Gasteiger partial charge in [0.05, 0.1) is 10.9 Å². The zero-order valence-corrected chi connectivity index (χ0v) is 13.2. The Bertz CT molecular complexity index is 573. The van der Waals surface area contributed by atoms with Gasteiger partial charge in [-0.3, -0.25) is 4.79 Å². The zero-order valence-electron chi connectivity index (χ0n) is 12.4. The summed E-state index contributed by atoms with van der Waals surface area (Å²) in [4.78, 5) is 14.3. The first kappa shape index (κ1) is 15.7. The number of aliphatic hydroxyl groups is 1. The summed E-state index contributed by atoms with van der Waals surface area (Å²) in [5.74, 6) is -0.0389. The number of aryl methyl sites for hydroxylation is 2. The molecule has 2 rings (SSSR count). The highest BCUT2D eigenvalue weighted by molar-refractivity contribution is 7.14. The summed E-state index contributed by atoms with van der Waals surface area (Å²) in [6.45, 7) is 4.18. The van der Waals surface area contributed by atoms with Crippen LogP contribution in [0.15, 0.2) is 36.4 Å². The van der Waals surface area contributed by atoms with Crippen molar-refractivity contribution in [3.8, 4) is 0 Å². The summed E-state index contributed by atoms with van der Waals surface area (Å²) in [6, 6.07) is 11.8. The van der Waals surface area contributed by atoms with E-state index in [1.807, 2.05) is 50.2 Å². The van der Waals surface area contributed by atoms with E-state index in [0.717, 1.165) is 22.4 Å². The maximum Gasteiger partial charge on any atom is 0.261 e. The average molecular weight is 303 g/mol. The fourth-order valence-corrected chi connectivity index (χ4v) is 3.15. The molecule has 0 saturated heterocycles. The lowest BCUT2D eigenvalue weighted by Gasteiger charge is -2.18. The molecule has 2 N–H and O–H groups in total. The van der Waals surface area contributed by atoms with Crippen LogP contribution in [0, 0.1) is 13.8 Å². The third kappa shape index (κ3) is 4.16. The molecular formula is C17H21NO2S. The molecule has 1 aromatic heterocycles. The molecule has 112 valence electrons. The second-order valence-electron chi connectivity index (χ2n) is 5.15. The topological polar surface area (TPSA) is 49.3 Å². The van der Waals surface area contributed by atoms with Gasteiger partial charge in [-0.15, -0.1) is 11.3 Å². The van der Waals surface area contributed by atoms with E-state index in [4.69, 9.17) is 5.11 Å². The van der Waals surface area contributed by atoms with Crippen LogP contribution in [0.25, 0.3) is 0 Å². The van der Waals surface area contributed by atoms with Crippen LogP contribution in [-0.2, 0) is 0 Å². The zero-order chi connectivity index (χ0) is 15.2. The molecule has 0 aliphatic carbocycles. The van der Waals surface area contributed by atoms with Crippen molar-refractivity contribution >= 4 is 17.2 Å². The first-order valence-electron chi connectivity index (χ1n) is 7.15. The highest BCUT2D eigenvalue weighted by atomic mass is 32.1. The number of rotatable bonds is 6. The van der Waals surface area contributed by atoms with E-state index in [0.29, 0.717) is 6.42 Å². The summed E-state index contributed by atoms with van der Waals surface area (Å²) in [5, 5.41) is 12.1. The van der Waals surface area contributed by atoms with E-state index in [9.17, 15) is 4.79 Å². The van der Waals surface area contributed by atoms with Gasteiger partial charge in [-0.2, -0.15) is 0 Å². The Morgan fingerprint density at radius 2 is 2.00 bits per heavy atom. The number of aliphatic hydroxyl groups excluding tert-OH is 1. The van der Waals surface area contributed by atoms with E-state index in [1.54, 1.807) is 0 Å². The van der Waals surface area contributed by atoms with Gasteiger partial charge >= 0.3 is 0 Å². The molecule has 4 heteroatoms. The Hall–Kier alpha value is -1.65. The van der Waals surface area contributed by atoms with Crippen molar-refractivity contribution in [3.63, 3.8) is 0 Å². The van der Waals surface area contributed by atoms with Crippen LogP contribution in [0.5, 0.6) is 0 Å². The van der Waals surface area contributed by atoms with Crippen molar-refractivity contribution in [3.05, 3.63) is 57.3 Å². The molecule has 1 atom stereocenters. The molecule has 0 aliphatic rings. The van der Waals surface area contributed by atoms with Crippen molar-refractivity contribution < 1.29 is 9.90 Å². The predicted octanol–water partition coefficient (Wildman–Crippen LogP) is 3.61. The van der Waals surface area contributed by atoms with Gasteiger partial charge in [-0.05, 0) is 43.9 Å². The van der Waals surface area contributed by atoms with E-state index in [-0.39, 0.29) is 18.6 Å². The minimum absolute atomic E-state index is 0.0389. The first-order valence-corrected chi connectivity index (χ1v) is 7.97. The first-order chi connectivity index (χ1) is 10.1. The van der Waals surface area contributed by atoms with E-state index in [2.05, 4.69) is 5.32 Å². The number of carbonyl (C=O) groups excluding carboxylic acids is 1. The minimum atomic E-state index is -0.0615. The summed E-state index contributed by atoms with van der Waals surface area (Å²) >= 11 is 1.52. The Morgan fingerprint density at radius 3 is 2.57 bits per heavy atom. The Morgan fingerprint density at radius 1 is 1.29 bits per heavy atom. The SMILES string of the molecule is Cc1cc(C(=O)NC(CCCO)c2ccccc2)sc1C. The van der Waals surface area contributed by atoms with E-state index in [1.165, 1.54) is 16.2 Å². The molecular weight excluding hydrogens is 282 g/mol. The Labute approximate surface area is 129 Å². The van der Waals surface area contributed by atoms with Crippen LogP contribution in [0.2, 0.25) is 0 Å². The van der Waals surface area contributed by atoms with Crippen molar-refractivity contribution in [1.29, 1.82) is 0 Å². The molecule has 1 aromatic carbocycles. The third-order valence-corrected chi connectivity index (χ3v) is 4.70. The minimum Gasteiger partial charge on any atom is -0.396 e. The summed E-state index contributed by atoms with van der Waals surface area (Å²) in [7, 11) is 0. The van der Waals surface area contributed by atoms with Gasteiger partial charge in [0, 0.05) is 11.5 Å². The van der Waals surface area contributed by atoms with Gasteiger partial charge in [0.2, 0.25) is 0 Å². The lowest BCUT2D eigenvalue weighted by molar-refractivity contribution is 0.0936. The molecule has 0 bridgehead atoms. The smallest absolute Gasteiger partial charge is 0.261 e. The predicted molar refractivity (Wildman–Crippen MR) is 86.8 cm³/mol. The number of thiophene rings is 1. The average Bonchev–Trinajstić information content (AvgIpc) is 2.84. The molecule has 0 aliphatic heterocycles. The van der Waals surface area contributed by atoms with E-state index >= 15 is 0 Å². The molecule has 1 heterocycles. The molecule has 1 unspecified atom stereocenters. The highest BCUT2D eigenvalue weighted by Gasteiger charge is 2.17. The van der Waals surface area contributed by atoms with Gasteiger partial charge in [0.1, 0.15) is 0 Å². The summed E-state index contributed by atoms with van der Waals surface area (Å²) in [6.07, 6.45) is 1.40. The van der Waals surface area contributed by atoms with E-state index < -0.39 is 0 Å². The molecule has 21 heavy (non-hydrogen) atoms. The van der Waals surface area contributed by atoms with Crippen LogP contribution in [0.1, 0.15) is 44.6 Å². The molecule has 3 nitrogen and oxygen atoms in total. The Kier molecular flexibility index (Phi) is 5.53. The molecule has 0 radical (unpaired) electrons. The second kappa shape index (κ2) is 7.38. The summed E-state index contributed by atoms with van der Waals surface area (Å²) in [5.41, 5.74) is 2.22. The van der Waals surface area contributed by atoms with Gasteiger partial charge < -0.3 is 10.4 Å². The monoisotopic (exact) mass is 303 g/mol. The van der Waals surface area contributed by atoms with Gasteiger partial charge in [-0.25, -0.2) is 0 Å². The lowest BCUT2D eigenvalue weighted by Crippen LogP contribution is -2.28. The number of amides is 1. The number of benzene rings is 1. The van der Waals surface area contributed by atoms with Crippen molar-refractivity contribution in [2.75, 3.05) is 6.61 Å². The largest absolute Gasteiger partial charge is 0.396 e. The summed E-state index contributed by atoms with van der Waals surface area (Å²) < 4.78 is 0. The van der Waals surface area contributed by atoms with Crippen LogP contribution in [0.4, 0.5) is 0 Å². The van der Waals surface area contributed by atoms with Gasteiger partial charge in [0.25, 0.3) is 5.91 Å². The Balaban J connectivity index is 2.13. The quantitative estimate of drug-likeness (QED) is 0.856. The highest BCUT2D eigenvalue weighted by Crippen LogP contribution is 2.23. The lowest BCUT2D eigenvalue weighted by atomic mass is 10.0. The standard InChI is InChI=1S/C17H21NO2S/c1-12-11-16(21-13(12)2)17(20)18-15(9-6-10-19)14-7-4-3-5-8-14/h3-5,7-8,11,15,19H,6,9-10H2,1-2H3,(H,18,20). The van der Waals surface area contributed by atoms with Crippen LogP contribution < -0.4 is 5.32 Å². The van der Waals surface area contributed by atoms with Crippen molar-refractivity contribution in [2.45, 2.75) is 32.7 Å². The van der Waals surface area contributed by atoms with Gasteiger partial charge in [0.15, 0.2) is 0 Å². The number of nitrogens with one attached hydrogen (secondary N) is 1. The molecule has 0 saturated carbocycles.